The van der Waals surface area contributed by atoms with Crippen LogP contribution in [0.25, 0.3) is 0 Å². The Morgan fingerprint density at radius 2 is 2.06 bits per heavy atom. The number of ether oxygens (including phenoxy) is 1. The van der Waals surface area contributed by atoms with Crippen molar-refractivity contribution in [1.29, 1.82) is 0 Å². The molecule has 2 nitrogen and oxygen atoms in total. The maximum Gasteiger partial charge on any atom is 0.0590 e. The van der Waals surface area contributed by atoms with Crippen molar-refractivity contribution in [2.75, 3.05) is 26.3 Å². The van der Waals surface area contributed by atoms with Crippen molar-refractivity contribution in [2.45, 2.75) is 46.5 Å². The molecule has 0 aliphatic heterocycles. The highest BCUT2D eigenvalue weighted by molar-refractivity contribution is 4.74. The van der Waals surface area contributed by atoms with Gasteiger partial charge in [0.15, 0.2) is 0 Å². The Morgan fingerprint density at radius 3 is 2.69 bits per heavy atom. The molecule has 1 saturated carbocycles. The molecule has 0 amide bonds. The van der Waals surface area contributed by atoms with E-state index in [1.54, 1.807) is 0 Å². The first-order valence-corrected chi connectivity index (χ1v) is 6.97. The smallest absolute Gasteiger partial charge is 0.0590 e. The lowest BCUT2D eigenvalue weighted by molar-refractivity contribution is 0.124. The van der Waals surface area contributed by atoms with E-state index in [2.05, 4.69) is 26.1 Å². The van der Waals surface area contributed by atoms with Gasteiger partial charge < -0.3 is 10.1 Å². The van der Waals surface area contributed by atoms with Crippen molar-refractivity contribution in [1.82, 2.24) is 5.32 Å². The van der Waals surface area contributed by atoms with E-state index in [1.807, 2.05) is 0 Å². The van der Waals surface area contributed by atoms with Gasteiger partial charge in [0.2, 0.25) is 0 Å². The number of nitrogens with one attached hydrogen (secondary N) is 1. The molecule has 0 bridgehead atoms. The van der Waals surface area contributed by atoms with Gasteiger partial charge in [-0.15, -0.1) is 0 Å². The zero-order valence-electron chi connectivity index (χ0n) is 11.3. The molecule has 1 aliphatic rings. The molecule has 2 heteroatoms. The van der Waals surface area contributed by atoms with Gasteiger partial charge in [0, 0.05) is 13.2 Å². The standard InChI is InChI=1S/C14H29NO/c1-12(2)6-8-16-9-7-15-11-14-5-4-13(3)10-14/h12-15H,4-11H2,1-3H3. The fourth-order valence-electron chi connectivity index (χ4n) is 2.38. The number of hydrogen-bond acceptors (Lipinski definition) is 2. The Bertz CT molecular complexity index is 170. The van der Waals surface area contributed by atoms with Crippen LogP contribution in [0, 0.1) is 17.8 Å². The molecular formula is C14H29NO. The Balaban J connectivity index is 1.81. The summed E-state index contributed by atoms with van der Waals surface area (Å²) in [5.41, 5.74) is 0. The molecule has 0 radical (unpaired) electrons. The van der Waals surface area contributed by atoms with Crippen molar-refractivity contribution < 1.29 is 4.74 Å². The molecular weight excluding hydrogens is 198 g/mol. The van der Waals surface area contributed by atoms with Gasteiger partial charge in [0.05, 0.1) is 6.61 Å². The molecule has 0 aromatic heterocycles. The Labute approximate surface area is 101 Å². The second-order valence-corrected chi connectivity index (χ2v) is 5.78. The normalized spacial score (nSPS) is 25.5. The van der Waals surface area contributed by atoms with E-state index in [9.17, 15) is 0 Å². The third-order valence-electron chi connectivity index (χ3n) is 3.50. The van der Waals surface area contributed by atoms with Crippen LogP contribution in [0.2, 0.25) is 0 Å². The number of hydrogen-bond donors (Lipinski definition) is 1. The highest BCUT2D eigenvalue weighted by Crippen LogP contribution is 2.29. The van der Waals surface area contributed by atoms with E-state index in [0.29, 0.717) is 0 Å². The molecule has 0 saturated heterocycles. The quantitative estimate of drug-likeness (QED) is 0.643. The van der Waals surface area contributed by atoms with Gasteiger partial charge in [-0.05, 0) is 43.6 Å². The van der Waals surface area contributed by atoms with Crippen LogP contribution in [0.15, 0.2) is 0 Å². The monoisotopic (exact) mass is 227 g/mol. The van der Waals surface area contributed by atoms with Gasteiger partial charge in [-0.2, -0.15) is 0 Å². The summed E-state index contributed by atoms with van der Waals surface area (Å²) >= 11 is 0. The van der Waals surface area contributed by atoms with Crippen LogP contribution < -0.4 is 5.32 Å². The maximum absolute atomic E-state index is 5.57. The lowest BCUT2D eigenvalue weighted by Crippen LogP contribution is -2.25. The largest absolute Gasteiger partial charge is 0.380 e. The highest BCUT2D eigenvalue weighted by atomic mass is 16.5. The molecule has 2 unspecified atom stereocenters. The summed E-state index contributed by atoms with van der Waals surface area (Å²) in [6, 6.07) is 0. The molecule has 1 aliphatic carbocycles. The molecule has 0 aromatic carbocycles. The van der Waals surface area contributed by atoms with Crippen molar-refractivity contribution in [3.05, 3.63) is 0 Å². The topological polar surface area (TPSA) is 21.3 Å². The predicted octanol–water partition coefficient (Wildman–Crippen LogP) is 3.07. The van der Waals surface area contributed by atoms with Gasteiger partial charge in [-0.3, -0.25) is 0 Å². The second kappa shape index (κ2) is 8.08. The van der Waals surface area contributed by atoms with Crippen molar-refractivity contribution in [2.24, 2.45) is 17.8 Å². The molecule has 1 rings (SSSR count). The van der Waals surface area contributed by atoms with Crippen LogP contribution in [0.4, 0.5) is 0 Å². The van der Waals surface area contributed by atoms with Crippen LogP contribution >= 0.6 is 0 Å². The molecule has 0 heterocycles. The fraction of sp³-hybridized carbons (Fsp3) is 1.00. The Hall–Kier alpha value is -0.0800. The zero-order valence-corrected chi connectivity index (χ0v) is 11.3. The first-order chi connectivity index (χ1) is 7.68. The summed E-state index contributed by atoms with van der Waals surface area (Å²) in [5.74, 6) is 2.63. The molecule has 1 fully saturated rings. The van der Waals surface area contributed by atoms with Crippen LogP contribution in [-0.2, 0) is 4.74 Å². The van der Waals surface area contributed by atoms with Crippen LogP contribution in [-0.4, -0.2) is 26.3 Å². The van der Waals surface area contributed by atoms with Gasteiger partial charge in [-0.1, -0.05) is 27.2 Å². The predicted molar refractivity (Wildman–Crippen MR) is 69.6 cm³/mol. The third kappa shape index (κ3) is 6.49. The van der Waals surface area contributed by atoms with Gasteiger partial charge in [0.25, 0.3) is 0 Å². The SMILES string of the molecule is CC(C)CCOCCNCC1CCC(C)C1. The Morgan fingerprint density at radius 1 is 1.25 bits per heavy atom. The van der Waals surface area contributed by atoms with Crippen LogP contribution in [0.3, 0.4) is 0 Å². The molecule has 0 aromatic rings. The first kappa shape index (κ1) is 14.0. The van der Waals surface area contributed by atoms with Crippen molar-refractivity contribution in [3.8, 4) is 0 Å². The van der Waals surface area contributed by atoms with E-state index in [-0.39, 0.29) is 0 Å². The van der Waals surface area contributed by atoms with Crippen molar-refractivity contribution in [3.63, 3.8) is 0 Å². The molecule has 16 heavy (non-hydrogen) atoms. The van der Waals surface area contributed by atoms with Gasteiger partial charge in [-0.25, -0.2) is 0 Å². The average Bonchev–Trinajstić information content (AvgIpc) is 2.62. The van der Waals surface area contributed by atoms with Gasteiger partial charge >= 0.3 is 0 Å². The highest BCUT2D eigenvalue weighted by Gasteiger charge is 2.20. The van der Waals surface area contributed by atoms with E-state index >= 15 is 0 Å². The van der Waals surface area contributed by atoms with E-state index in [4.69, 9.17) is 4.74 Å². The van der Waals surface area contributed by atoms with E-state index in [1.165, 1.54) is 32.2 Å². The minimum Gasteiger partial charge on any atom is -0.380 e. The lowest BCUT2D eigenvalue weighted by Gasteiger charge is -2.11. The minimum atomic E-state index is 0.757. The molecule has 96 valence electrons. The molecule has 2 atom stereocenters. The van der Waals surface area contributed by atoms with Crippen LogP contribution in [0.1, 0.15) is 46.5 Å². The second-order valence-electron chi connectivity index (χ2n) is 5.78. The maximum atomic E-state index is 5.57. The summed E-state index contributed by atoms with van der Waals surface area (Å²) in [7, 11) is 0. The molecule has 0 spiro atoms. The Kier molecular flexibility index (Phi) is 7.06. The summed E-state index contributed by atoms with van der Waals surface area (Å²) in [6.07, 6.45) is 5.45. The lowest BCUT2D eigenvalue weighted by atomic mass is 10.1. The van der Waals surface area contributed by atoms with Crippen molar-refractivity contribution >= 4 is 0 Å². The summed E-state index contributed by atoms with van der Waals surface area (Å²) in [6.45, 7) is 10.8. The summed E-state index contributed by atoms with van der Waals surface area (Å²) in [5, 5.41) is 3.51. The van der Waals surface area contributed by atoms with E-state index < -0.39 is 0 Å². The molecule has 1 N–H and O–H groups in total. The van der Waals surface area contributed by atoms with Gasteiger partial charge in [0.1, 0.15) is 0 Å². The van der Waals surface area contributed by atoms with E-state index in [0.717, 1.165) is 37.5 Å². The van der Waals surface area contributed by atoms with Crippen LogP contribution in [0.5, 0.6) is 0 Å². The fourth-order valence-corrected chi connectivity index (χ4v) is 2.38. The third-order valence-corrected chi connectivity index (χ3v) is 3.50. The summed E-state index contributed by atoms with van der Waals surface area (Å²) < 4.78 is 5.57. The first-order valence-electron chi connectivity index (χ1n) is 6.97. The summed E-state index contributed by atoms with van der Waals surface area (Å²) in [4.78, 5) is 0. The zero-order chi connectivity index (χ0) is 11.8. The number of rotatable bonds is 8. The average molecular weight is 227 g/mol. The minimum absolute atomic E-state index is 0.757.